The van der Waals surface area contributed by atoms with Gasteiger partial charge in [-0.1, -0.05) is 12.2 Å². The van der Waals surface area contributed by atoms with Crippen LogP contribution in [0, 0.1) is 0 Å². The highest BCUT2D eigenvalue weighted by Crippen LogP contribution is 2.00. The first kappa shape index (κ1) is 18.3. The van der Waals surface area contributed by atoms with E-state index in [0.29, 0.717) is 6.44 Å². The van der Waals surface area contributed by atoms with E-state index >= 15 is 0 Å². The van der Waals surface area contributed by atoms with Crippen LogP contribution in [0.3, 0.4) is 0 Å². The molecular weight excluding hydrogens is 271 g/mol. The minimum absolute atomic E-state index is 0.647. The highest BCUT2D eigenvalue weighted by Gasteiger charge is 2.09. The van der Waals surface area contributed by atoms with E-state index in [4.69, 9.17) is 4.99 Å². The largest absolute Gasteiger partial charge is 0.563 e. The van der Waals surface area contributed by atoms with Crippen molar-refractivity contribution in [3.63, 3.8) is 0 Å². The predicted molar refractivity (Wildman–Crippen MR) is 95.4 cm³/mol. The molecule has 1 heterocycles. The van der Waals surface area contributed by atoms with Gasteiger partial charge in [0.25, 0.3) is 0 Å². The SMILES string of the molecule is C/C=C\C(=NC[B][n+]1cccc(CNC)c1)/C(=C\C)CNC. The summed E-state index contributed by atoms with van der Waals surface area (Å²) in [4.78, 5) is 4.70. The third-order valence-electron chi connectivity index (χ3n) is 3.19. The minimum atomic E-state index is 0.647. The number of aliphatic imine (C=N–C) groups is 1. The van der Waals surface area contributed by atoms with Gasteiger partial charge >= 0.3 is 7.41 Å². The predicted octanol–water partition coefficient (Wildman–Crippen LogP) is 1.30. The van der Waals surface area contributed by atoms with Crippen molar-refractivity contribution in [1.29, 1.82) is 0 Å². The second kappa shape index (κ2) is 10.9. The monoisotopic (exact) mass is 298 g/mol. The van der Waals surface area contributed by atoms with Gasteiger partial charge in [0.1, 0.15) is 12.4 Å². The standard InChI is InChI=1S/C17H27BN4/c1-5-8-17(16(6-2)12-20-4)21-14-18-22-10-7-9-15(13-22)11-19-3/h5-10,13,19-20H,11-12,14H2,1-4H3/q+1/b8-5-,16-6-,21-17?. The van der Waals surface area contributed by atoms with E-state index in [1.54, 1.807) is 0 Å². The third-order valence-corrected chi connectivity index (χ3v) is 3.19. The molecule has 1 radical (unpaired) electrons. The molecule has 0 spiro atoms. The maximum absolute atomic E-state index is 4.70. The lowest BCUT2D eigenvalue weighted by Gasteiger charge is -2.06. The average Bonchev–Trinajstić information content (AvgIpc) is 2.53. The molecule has 1 aromatic heterocycles. The minimum Gasteiger partial charge on any atom is -0.316 e. The molecule has 0 atom stereocenters. The van der Waals surface area contributed by atoms with Gasteiger partial charge < -0.3 is 10.6 Å². The first-order chi connectivity index (χ1) is 10.7. The highest BCUT2D eigenvalue weighted by atomic mass is 14.9. The molecule has 5 heteroatoms. The Morgan fingerprint density at radius 1 is 1.32 bits per heavy atom. The number of likely N-dealkylation sites (N-methyl/N-ethyl adjacent to an activating group) is 1. The molecule has 1 rings (SSSR count). The Morgan fingerprint density at radius 3 is 2.77 bits per heavy atom. The van der Waals surface area contributed by atoms with Crippen molar-refractivity contribution >= 4 is 13.1 Å². The molecule has 0 aromatic carbocycles. The summed E-state index contributed by atoms with van der Waals surface area (Å²) in [7, 11) is 5.98. The van der Waals surface area contributed by atoms with E-state index in [0.717, 1.165) is 18.8 Å². The number of nitrogens with one attached hydrogen (secondary N) is 2. The summed E-state index contributed by atoms with van der Waals surface area (Å²) in [5.74, 6) is 0. The summed E-state index contributed by atoms with van der Waals surface area (Å²) in [6, 6.07) is 4.17. The van der Waals surface area contributed by atoms with Crippen LogP contribution in [0.25, 0.3) is 0 Å². The molecule has 2 N–H and O–H groups in total. The Kier molecular flexibility index (Phi) is 9.11. The second-order valence-electron chi connectivity index (χ2n) is 4.94. The number of allylic oxidation sites excluding steroid dienone is 3. The molecule has 0 saturated carbocycles. The van der Waals surface area contributed by atoms with Crippen molar-refractivity contribution in [3.05, 3.63) is 53.9 Å². The Balaban J connectivity index is 2.73. The maximum Gasteiger partial charge on any atom is 0.563 e. The number of rotatable bonds is 9. The average molecular weight is 298 g/mol. The van der Waals surface area contributed by atoms with Crippen LogP contribution in [0.4, 0.5) is 0 Å². The molecule has 4 nitrogen and oxygen atoms in total. The first-order valence-corrected chi connectivity index (χ1v) is 7.70. The van der Waals surface area contributed by atoms with Gasteiger partial charge in [-0.2, -0.15) is 0 Å². The maximum atomic E-state index is 4.70. The molecule has 0 fully saturated rings. The molecule has 0 aliphatic carbocycles. The summed E-state index contributed by atoms with van der Waals surface area (Å²) in [6.07, 6.45) is 11.0. The van der Waals surface area contributed by atoms with Crippen molar-refractivity contribution < 1.29 is 4.48 Å². The third kappa shape index (κ3) is 6.37. The molecule has 1 aromatic rings. The van der Waals surface area contributed by atoms with Gasteiger partial charge in [-0.3, -0.25) is 9.47 Å². The highest BCUT2D eigenvalue weighted by molar-refractivity contribution is 6.25. The van der Waals surface area contributed by atoms with Gasteiger partial charge in [0, 0.05) is 18.7 Å². The van der Waals surface area contributed by atoms with Crippen LogP contribution in [0.5, 0.6) is 0 Å². The summed E-state index contributed by atoms with van der Waals surface area (Å²) < 4.78 is 2.07. The van der Waals surface area contributed by atoms with Crippen molar-refractivity contribution in [1.82, 2.24) is 10.6 Å². The summed E-state index contributed by atoms with van der Waals surface area (Å²) in [5, 5.41) is 6.34. The van der Waals surface area contributed by atoms with Crippen LogP contribution in [0.1, 0.15) is 19.4 Å². The molecule has 22 heavy (non-hydrogen) atoms. The molecule has 0 aliphatic rings. The number of hydrogen-bond donors (Lipinski definition) is 2. The number of nitrogens with zero attached hydrogens (tertiary/aromatic N) is 2. The Hall–Kier alpha value is -1.72. The van der Waals surface area contributed by atoms with Crippen LogP contribution in [0.15, 0.2) is 53.3 Å². The molecule has 0 saturated heterocycles. The number of pyridine rings is 1. The first-order valence-electron chi connectivity index (χ1n) is 7.70. The zero-order chi connectivity index (χ0) is 16.2. The zero-order valence-corrected chi connectivity index (χ0v) is 14.1. The summed E-state index contributed by atoms with van der Waals surface area (Å²) in [6.45, 7) is 5.75. The lowest BCUT2D eigenvalue weighted by atomic mass is 9.93. The van der Waals surface area contributed by atoms with Crippen molar-refractivity contribution in [2.24, 2.45) is 4.99 Å². The molecule has 0 aliphatic heterocycles. The molecule has 0 bridgehead atoms. The fourth-order valence-corrected chi connectivity index (χ4v) is 2.15. The number of hydrogen-bond acceptors (Lipinski definition) is 3. The van der Waals surface area contributed by atoms with E-state index in [1.807, 2.05) is 40.2 Å². The Bertz CT molecular complexity index is 535. The normalized spacial score (nSPS) is 12.9. The summed E-state index contributed by atoms with van der Waals surface area (Å²) in [5.41, 5.74) is 3.49. The van der Waals surface area contributed by atoms with E-state index in [2.05, 4.69) is 53.0 Å². The van der Waals surface area contributed by atoms with Crippen LogP contribution in [-0.2, 0) is 6.54 Å². The topological polar surface area (TPSA) is 40.3 Å². The van der Waals surface area contributed by atoms with Crippen molar-refractivity contribution in [3.8, 4) is 0 Å². The van der Waals surface area contributed by atoms with Crippen LogP contribution >= 0.6 is 0 Å². The lowest BCUT2D eigenvalue weighted by molar-refractivity contribution is -0.530. The quantitative estimate of drug-likeness (QED) is 0.533. The van der Waals surface area contributed by atoms with E-state index in [9.17, 15) is 0 Å². The fourth-order valence-electron chi connectivity index (χ4n) is 2.15. The van der Waals surface area contributed by atoms with Gasteiger partial charge in [0.05, 0.1) is 12.2 Å². The van der Waals surface area contributed by atoms with Crippen LogP contribution in [0.2, 0.25) is 0 Å². The van der Waals surface area contributed by atoms with Gasteiger partial charge in [0.15, 0.2) is 0 Å². The lowest BCUT2D eigenvalue weighted by Crippen LogP contribution is -2.41. The number of aromatic nitrogens is 1. The smallest absolute Gasteiger partial charge is 0.316 e. The second-order valence-corrected chi connectivity index (χ2v) is 4.94. The van der Waals surface area contributed by atoms with E-state index in [-0.39, 0.29) is 0 Å². The Labute approximate surface area is 135 Å². The zero-order valence-electron chi connectivity index (χ0n) is 14.1. The van der Waals surface area contributed by atoms with E-state index in [1.165, 1.54) is 11.1 Å². The van der Waals surface area contributed by atoms with E-state index < -0.39 is 0 Å². The molecular formula is C17H27BN4+. The van der Waals surface area contributed by atoms with Gasteiger partial charge in [-0.05, 0) is 51.7 Å². The molecule has 117 valence electrons. The van der Waals surface area contributed by atoms with Crippen LogP contribution < -0.4 is 15.1 Å². The van der Waals surface area contributed by atoms with Gasteiger partial charge in [-0.15, -0.1) is 0 Å². The fraction of sp³-hybridized carbons (Fsp3) is 0.412. The van der Waals surface area contributed by atoms with Crippen LogP contribution in [-0.4, -0.2) is 40.2 Å². The molecule has 0 unspecified atom stereocenters. The Morgan fingerprint density at radius 2 is 2.14 bits per heavy atom. The van der Waals surface area contributed by atoms with Crippen molar-refractivity contribution in [2.45, 2.75) is 20.4 Å². The molecule has 0 amide bonds. The summed E-state index contributed by atoms with van der Waals surface area (Å²) >= 11 is 0. The van der Waals surface area contributed by atoms with Gasteiger partial charge in [-0.25, -0.2) is 0 Å². The van der Waals surface area contributed by atoms with Gasteiger partial charge in [0.2, 0.25) is 0 Å². The van der Waals surface area contributed by atoms with Crippen molar-refractivity contribution in [2.75, 3.05) is 27.1 Å².